The highest BCUT2D eigenvalue weighted by Crippen LogP contribution is 2.32. The summed E-state index contributed by atoms with van der Waals surface area (Å²) in [5.41, 5.74) is 0.757. The van der Waals surface area contributed by atoms with Crippen LogP contribution in [0.3, 0.4) is 0 Å². The van der Waals surface area contributed by atoms with E-state index in [0.717, 1.165) is 6.54 Å². The molecule has 1 N–H and O–H groups in total. The van der Waals surface area contributed by atoms with Gasteiger partial charge in [-0.3, -0.25) is 0 Å². The molecular weight excluding hydrogens is 182 g/mol. The number of hydrogen-bond acceptors (Lipinski definition) is 1. The van der Waals surface area contributed by atoms with E-state index in [1.165, 1.54) is 32.1 Å². The molecule has 0 saturated carbocycles. The molecule has 0 fully saturated rings. The lowest BCUT2D eigenvalue weighted by Crippen LogP contribution is -2.43. The molecule has 0 rings (SSSR count). The van der Waals surface area contributed by atoms with Crippen LogP contribution in [-0.4, -0.2) is 12.1 Å². The first-order chi connectivity index (χ1) is 6.83. The predicted octanol–water partition coefficient (Wildman–Crippen LogP) is 4.37. The Labute approximate surface area is 97.0 Å². The van der Waals surface area contributed by atoms with E-state index in [-0.39, 0.29) is 5.54 Å². The molecule has 0 aliphatic rings. The van der Waals surface area contributed by atoms with Crippen LogP contribution in [0.4, 0.5) is 0 Å². The van der Waals surface area contributed by atoms with Gasteiger partial charge in [-0.1, -0.05) is 40.5 Å². The second-order valence-electron chi connectivity index (χ2n) is 6.26. The van der Waals surface area contributed by atoms with E-state index >= 15 is 0 Å². The molecule has 0 radical (unpaired) electrons. The molecule has 0 aliphatic carbocycles. The van der Waals surface area contributed by atoms with Crippen molar-refractivity contribution in [2.24, 2.45) is 5.41 Å². The third-order valence-corrected chi connectivity index (χ3v) is 2.98. The van der Waals surface area contributed by atoms with Crippen LogP contribution in [0.15, 0.2) is 0 Å². The van der Waals surface area contributed by atoms with E-state index in [0.29, 0.717) is 5.41 Å². The van der Waals surface area contributed by atoms with Gasteiger partial charge in [0.05, 0.1) is 0 Å². The lowest BCUT2D eigenvalue weighted by atomic mass is 9.76. The average molecular weight is 213 g/mol. The van der Waals surface area contributed by atoms with Gasteiger partial charge in [0.15, 0.2) is 0 Å². The van der Waals surface area contributed by atoms with Crippen LogP contribution in [0.2, 0.25) is 0 Å². The van der Waals surface area contributed by atoms with Crippen molar-refractivity contribution in [3.63, 3.8) is 0 Å². The largest absolute Gasteiger partial charge is 0.312 e. The summed E-state index contributed by atoms with van der Waals surface area (Å²) in [6.07, 6.45) is 6.50. The van der Waals surface area contributed by atoms with E-state index in [9.17, 15) is 0 Å². The minimum Gasteiger partial charge on any atom is -0.312 e. The van der Waals surface area contributed by atoms with Crippen LogP contribution >= 0.6 is 0 Å². The highest BCUT2D eigenvalue weighted by molar-refractivity contribution is 4.85. The summed E-state index contributed by atoms with van der Waals surface area (Å²) in [4.78, 5) is 0. The first kappa shape index (κ1) is 15.0. The van der Waals surface area contributed by atoms with Gasteiger partial charge in [-0.2, -0.15) is 0 Å². The maximum atomic E-state index is 3.64. The fourth-order valence-corrected chi connectivity index (χ4v) is 2.47. The molecule has 92 valence electrons. The summed E-state index contributed by atoms with van der Waals surface area (Å²) >= 11 is 0. The van der Waals surface area contributed by atoms with Gasteiger partial charge in [0.25, 0.3) is 0 Å². The highest BCUT2D eigenvalue weighted by Gasteiger charge is 2.27. The molecule has 0 amide bonds. The van der Waals surface area contributed by atoms with Gasteiger partial charge in [-0.05, 0) is 45.1 Å². The Kier molecular flexibility index (Phi) is 6.51. The van der Waals surface area contributed by atoms with E-state index in [2.05, 4.69) is 46.9 Å². The van der Waals surface area contributed by atoms with Crippen molar-refractivity contribution in [1.82, 2.24) is 5.32 Å². The van der Waals surface area contributed by atoms with Gasteiger partial charge in [-0.25, -0.2) is 0 Å². The normalized spacial score (nSPS) is 13.2. The fourth-order valence-electron chi connectivity index (χ4n) is 2.47. The molecule has 0 unspecified atom stereocenters. The van der Waals surface area contributed by atoms with Crippen molar-refractivity contribution in [1.29, 1.82) is 0 Å². The Hall–Kier alpha value is -0.0400. The maximum absolute atomic E-state index is 3.64. The zero-order valence-electron chi connectivity index (χ0n) is 11.7. The van der Waals surface area contributed by atoms with Crippen LogP contribution in [0.25, 0.3) is 0 Å². The van der Waals surface area contributed by atoms with E-state index in [1.807, 2.05) is 0 Å². The first-order valence-corrected chi connectivity index (χ1v) is 6.58. The van der Waals surface area contributed by atoms with Gasteiger partial charge < -0.3 is 5.32 Å². The summed E-state index contributed by atoms with van der Waals surface area (Å²) in [6.45, 7) is 15.1. The van der Waals surface area contributed by atoms with Crippen LogP contribution < -0.4 is 5.32 Å². The Balaban J connectivity index is 4.04. The van der Waals surface area contributed by atoms with Gasteiger partial charge >= 0.3 is 0 Å². The van der Waals surface area contributed by atoms with Crippen LogP contribution in [-0.2, 0) is 0 Å². The molecule has 0 aromatic heterocycles. The van der Waals surface area contributed by atoms with Gasteiger partial charge in [-0.15, -0.1) is 0 Å². The Morgan fingerprint density at radius 3 is 2.00 bits per heavy atom. The monoisotopic (exact) mass is 213 g/mol. The van der Waals surface area contributed by atoms with Gasteiger partial charge in [0, 0.05) is 5.54 Å². The molecule has 0 atom stereocenters. The quantitative estimate of drug-likeness (QED) is 0.631. The van der Waals surface area contributed by atoms with Crippen LogP contribution in [0, 0.1) is 5.41 Å². The van der Waals surface area contributed by atoms with Gasteiger partial charge in [0.1, 0.15) is 0 Å². The Morgan fingerprint density at radius 1 is 0.933 bits per heavy atom. The van der Waals surface area contributed by atoms with Crippen molar-refractivity contribution in [2.75, 3.05) is 6.54 Å². The van der Waals surface area contributed by atoms with E-state index in [1.54, 1.807) is 0 Å². The highest BCUT2D eigenvalue weighted by atomic mass is 14.9. The summed E-state index contributed by atoms with van der Waals surface area (Å²) in [5.74, 6) is 0. The lowest BCUT2D eigenvalue weighted by Gasteiger charge is -2.36. The molecule has 0 aromatic carbocycles. The van der Waals surface area contributed by atoms with Crippen molar-refractivity contribution in [3.05, 3.63) is 0 Å². The summed E-state index contributed by atoms with van der Waals surface area (Å²) in [6, 6.07) is 0. The second-order valence-corrected chi connectivity index (χ2v) is 6.26. The molecule has 0 spiro atoms. The van der Waals surface area contributed by atoms with Crippen molar-refractivity contribution in [3.8, 4) is 0 Å². The fraction of sp³-hybridized carbons (Fsp3) is 1.00. The number of rotatable bonds is 8. The molecule has 0 aromatic rings. The molecular formula is C14H31N. The number of hydrogen-bond donors (Lipinski definition) is 1. The molecule has 15 heavy (non-hydrogen) atoms. The van der Waals surface area contributed by atoms with Crippen LogP contribution in [0.5, 0.6) is 0 Å². The summed E-state index contributed by atoms with van der Waals surface area (Å²) < 4.78 is 0. The maximum Gasteiger partial charge on any atom is 0.0130 e. The summed E-state index contributed by atoms with van der Waals surface area (Å²) in [5, 5.41) is 3.64. The first-order valence-electron chi connectivity index (χ1n) is 6.58. The summed E-state index contributed by atoms with van der Waals surface area (Å²) in [7, 11) is 0. The molecule has 1 heteroatoms. The standard InChI is InChI=1S/C14H31N/c1-7-9-10-13(3,4)12-14(5,6)15-11-8-2/h15H,7-12H2,1-6H3. The second kappa shape index (κ2) is 6.52. The number of unbranched alkanes of at least 4 members (excludes halogenated alkanes) is 1. The molecule has 0 aliphatic heterocycles. The van der Waals surface area contributed by atoms with E-state index in [4.69, 9.17) is 0 Å². The predicted molar refractivity (Wildman–Crippen MR) is 70.3 cm³/mol. The zero-order valence-corrected chi connectivity index (χ0v) is 11.7. The topological polar surface area (TPSA) is 12.0 Å². The van der Waals surface area contributed by atoms with Gasteiger partial charge in [0.2, 0.25) is 0 Å². The van der Waals surface area contributed by atoms with Crippen LogP contribution in [0.1, 0.15) is 73.6 Å². The smallest absolute Gasteiger partial charge is 0.0130 e. The molecule has 0 bridgehead atoms. The number of nitrogens with one attached hydrogen (secondary N) is 1. The Bertz CT molecular complexity index is 141. The third kappa shape index (κ3) is 7.84. The molecule has 1 nitrogen and oxygen atoms in total. The SMILES string of the molecule is CCCCC(C)(C)CC(C)(C)NCCC. The molecule has 0 saturated heterocycles. The Morgan fingerprint density at radius 2 is 1.53 bits per heavy atom. The zero-order chi connectivity index (χ0) is 11.9. The van der Waals surface area contributed by atoms with Crippen molar-refractivity contribution in [2.45, 2.75) is 79.2 Å². The average Bonchev–Trinajstić information content (AvgIpc) is 2.10. The minimum absolute atomic E-state index is 0.285. The third-order valence-electron chi connectivity index (χ3n) is 2.98. The van der Waals surface area contributed by atoms with Crippen molar-refractivity contribution >= 4 is 0 Å². The van der Waals surface area contributed by atoms with E-state index < -0.39 is 0 Å². The van der Waals surface area contributed by atoms with Crippen molar-refractivity contribution < 1.29 is 0 Å². The lowest BCUT2D eigenvalue weighted by molar-refractivity contribution is 0.205. The minimum atomic E-state index is 0.285. The molecule has 0 heterocycles.